The minimum absolute atomic E-state index is 0.200. The summed E-state index contributed by atoms with van der Waals surface area (Å²) in [6, 6.07) is 19.0. The van der Waals surface area contributed by atoms with Crippen molar-refractivity contribution < 1.29 is 5.11 Å². The van der Waals surface area contributed by atoms with E-state index >= 15 is 0 Å². The highest BCUT2D eigenvalue weighted by Crippen LogP contribution is 2.25. The first-order valence-electron chi connectivity index (χ1n) is 7.43. The molecule has 1 aliphatic carbocycles. The fourth-order valence-corrected chi connectivity index (χ4v) is 2.88. The van der Waals surface area contributed by atoms with Crippen molar-refractivity contribution in [3.05, 3.63) is 54.6 Å². The summed E-state index contributed by atoms with van der Waals surface area (Å²) in [5.74, 6) is 0. The Bertz CT molecular complexity index is 535. The zero-order valence-corrected chi connectivity index (χ0v) is 11.6. The maximum atomic E-state index is 10.0. The first-order valence-corrected chi connectivity index (χ1v) is 7.43. The molecule has 0 bridgehead atoms. The van der Waals surface area contributed by atoms with Gasteiger partial charge in [-0.3, -0.25) is 0 Å². The molecule has 2 aromatic rings. The van der Waals surface area contributed by atoms with Crippen LogP contribution in [0.15, 0.2) is 54.6 Å². The summed E-state index contributed by atoms with van der Waals surface area (Å²) < 4.78 is 0. The molecule has 2 atom stereocenters. The fraction of sp³-hybridized carbons (Fsp3) is 0.333. The topological polar surface area (TPSA) is 32.3 Å². The smallest absolute Gasteiger partial charge is 0.0741 e. The fourth-order valence-electron chi connectivity index (χ4n) is 2.88. The summed E-state index contributed by atoms with van der Waals surface area (Å²) in [6.07, 6.45) is 4.11. The molecule has 0 saturated heterocycles. The molecule has 0 aliphatic heterocycles. The predicted molar refractivity (Wildman–Crippen MR) is 83.8 cm³/mol. The van der Waals surface area contributed by atoms with Gasteiger partial charge in [0.25, 0.3) is 0 Å². The van der Waals surface area contributed by atoms with Gasteiger partial charge in [0.2, 0.25) is 0 Å². The van der Waals surface area contributed by atoms with Gasteiger partial charge in [-0.2, -0.15) is 0 Å². The van der Waals surface area contributed by atoms with E-state index in [1.54, 1.807) is 0 Å². The van der Waals surface area contributed by atoms with Gasteiger partial charge in [-0.1, -0.05) is 55.3 Å². The zero-order chi connectivity index (χ0) is 13.8. The molecule has 3 rings (SSSR count). The van der Waals surface area contributed by atoms with E-state index in [9.17, 15) is 5.11 Å². The van der Waals surface area contributed by atoms with E-state index in [1.165, 1.54) is 17.5 Å². The largest absolute Gasteiger partial charge is 0.391 e. The van der Waals surface area contributed by atoms with Crippen molar-refractivity contribution in [1.82, 2.24) is 0 Å². The SMILES string of the molecule is OC1CCCCC1Nc1ccc(-c2ccccc2)cc1. The molecule has 2 unspecified atom stereocenters. The molecule has 2 aromatic carbocycles. The highest BCUT2D eigenvalue weighted by molar-refractivity contribution is 5.65. The Morgan fingerprint density at radius 2 is 1.45 bits per heavy atom. The van der Waals surface area contributed by atoms with E-state index in [2.05, 4.69) is 53.8 Å². The maximum Gasteiger partial charge on any atom is 0.0741 e. The zero-order valence-electron chi connectivity index (χ0n) is 11.6. The van der Waals surface area contributed by atoms with Crippen LogP contribution in [0.4, 0.5) is 5.69 Å². The average molecular weight is 267 g/mol. The molecule has 0 spiro atoms. The number of benzene rings is 2. The third kappa shape index (κ3) is 3.02. The minimum atomic E-state index is -0.211. The van der Waals surface area contributed by atoms with Gasteiger partial charge >= 0.3 is 0 Å². The van der Waals surface area contributed by atoms with Crippen molar-refractivity contribution in [3.8, 4) is 11.1 Å². The Morgan fingerprint density at radius 3 is 2.15 bits per heavy atom. The van der Waals surface area contributed by atoms with Crippen molar-refractivity contribution in [1.29, 1.82) is 0 Å². The van der Waals surface area contributed by atoms with Crippen LogP contribution < -0.4 is 5.32 Å². The minimum Gasteiger partial charge on any atom is -0.391 e. The summed E-state index contributed by atoms with van der Waals surface area (Å²) in [7, 11) is 0. The van der Waals surface area contributed by atoms with E-state index in [0.29, 0.717) is 0 Å². The molecular weight excluding hydrogens is 246 g/mol. The molecule has 2 heteroatoms. The number of nitrogens with one attached hydrogen (secondary N) is 1. The van der Waals surface area contributed by atoms with Gasteiger partial charge in [0, 0.05) is 5.69 Å². The Morgan fingerprint density at radius 1 is 0.800 bits per heavy atom. The van der Waals surface area contributed by atoms with Crippen molar-refractivity contribution in [2.45, 2.75) is 37.8 Å². The lowest BCUT2D eigenvalue weighted by atomic mass is 9.92. The summed E-state index contributed by atoms with van der Waals surface area (Å²) in [4.78, 5) is 0. The van der Waals surface area contributed by atoms with Gasteiger partial charge in [-0.25, -0.2) is 0 Å². The van der Waals surface area contributed by atoms with Crippen LogP contribution in [0.25, 0.3) is 11.1 Å². The second kappa shape index (κ2) is 6.10. The molecule has 1 fully saturated rings. The van der Waals surface area contributed by atoms with Gasteiger partial charge in [0.05, 0.1) is 12.1 Å². The van der Waals surface area contributed by atoms with Gasteiger partial charge in [0.1, 0.15) is 0 Å². The van der Waals surface area contributed by atoms with Gasteiger partial charge in [-0.05, 0) is 36.1 Å². The third-order valence-electron chi connectivity index (χ3n) is 4.07. The lowest BCUT2D eigenvalue weighted by molar-refractivity contribution is 0.116. The molecule has 104 valence electrons. The van der Waals surface area contributed by atoms with Crippen LogP contribution in [0.5, 0.6) is 0 Å². The van der Waals surface area contributed by atoms with E-state index in [-0.39, 0.29) is 12.1 Å². The van der Waals surface area contributed by atoms with Gasteiger partial charge < -0.3 is 10.4 Å². The molecule has 1 aliphatic rings. The van der Waals surface area contributed by atoms with E-state index in [0.717, 1.165) is 24.9 Å². The lowest BCUT2D eigenvalue weighted by Gasteiger charge is -2.29. The first kappa shape index (κ1) is 13.2. The normalized spacial score (nSPS) is 22.4. The summed E-state index contributed by atoms with van der Waals surface area (Å²) in [5.41, 5.74) is 3.55. The molecule has 0 aromatic heterocycles. The highest BCUT2D eigenvalue weighted by Gasteiger charge is 2.22. The number of aliphatic hydroxyl groups is 1. The highest BCUT2D eigenvalue weighted by atomic mass is 16.3. The van der Waals surface area contributed by atoms with E-state index < -0.39 is 0 Å². The van der Waals surface area contributed by atoms with Crippen molar-refractivity contribution in [2.75, 3.05) is 5.32 Å². The van der Waals surface area contributed by atoms with Crippen LogP contribution in [0.1, 0.15) is 25.7 Å². The van der Waals surface area contributed by atoms with E-state index in [1.807, 2.05) is 6.07 Å². The number of aliphatic hydroxyl groups excluding tert-OH is 1. The van der Waals surface area contributed by atoms with Crippen molar-refractivity contribution in [3.63, 3.8) is 0 Å². The lowest BCUT2D eigenvalue weighted by Crippen LogP contribution is -2.36. The Labute approximate surface area is 120 Å². The molecule has 20 heavy (non-hydrogen) atoms. The first-order chi connectivity index (χ1) is 9.83. The van der Waals surface area contributed by atoms with Crippen LogP contribution in [0.2, 0.25) is 0 Å². The molecule has 1 saturated carbocycles. The maximum absolute atomic E-state index is 10.0. The molecule has 0 heterocycles. The summed E-state index contributed by atoms with van der Waals surface area (Å²) in [5, 5.41) is 13.5. The average Bonchev–Trinajstić information content (AvgIpc) is 2.51. The van der Waals surface area contributed by atoms with Gasteiger partial charge in [0.15, 0.2) is 0 Å². The van der Waals surface area contributed by atoms with Gasteiger partial charge in [-0.15, -0.1) is 0 Å². The summed E-state index contributed by atoms with van der Waals surface area (Å²) >= 11 is 0. The van der Waals surface area contributed by atoms with Crippen LogP contribution in [-0.4, -0.2) is 17.3 Å². The second-order valence-corrected chi connectivity index (χ2v) is 5.55. The Kier molecular flexibility index (Phi) is 4.03. The Hall–Kier alpha value is -1.80. The number of hydrogen-bond acceptors (Lipinski definition) is 2. The van der Waals surface area contributed by atoms with Crippen molar-refractivity contribution >= 4 is 5.69 Å². The molecular formula is C18H21NO. The standard InChI is InChI=1S/C18H21NO/c20-18-9-5-4-8-17(18)19-16-12-10-15(11-13-16)14-6-2-1-3-7-14/h1-3,6-7,10-13,17-20H,4-5,8-9H2. The van der Waals surface area contributed by atoms with E-state index in [4.69, 9.17) is 0 Å². The second-order valence-electron chi connectivity index (χ2n) is 5.55. The molecule has 2 nitrogen and oxygen atoms in total. The number of hydrogen-bond donors (Lipinski definition) is 2. The van der Waals surface area contributed by atoms with Crippen LogP contribution in [-0.2, 0) is 0 Å². The third-order valence-corrected chi connectivity index (χ3v) is 4.07. The predicted octanol–water partition coefficient (Wildman–Crippen LogP) is 4.07. The number of rotatable bonds is 3. The summed E-state index contributed by atoms with van der Waals surface area (Å²) in [6.45, 7) is 0. The monoisotopic (exact) mass is 267 g/mol. The molecule has 2 N–H and O–H groups in total. The van der Waals surface area contributed by atoms with Crippen molar-refractivity contribution in [2.24, 2.45) is 0 Å². The number of anilines is 1. The van der Waals surface area contributed by atoms with Crippen LogP contribution >= 0.6 is 0 Å². The molecule has 0 amide bonds. The molecule has 0 radical (unpaired) electrons. The van der Waals surface area contributed by atoms with Crippen LogP contribution in [0.3, 0.4) is 0 Å². The quantitative estimate of drug-likeness (QED) is 0.878. The van der Waals surface area contributed by atoms with Crippen LogP contribution in [0, 0.1) is 0 Å². The Balaban J connectivity index is 1.70.